The Morgan fingerprint density at radius 2 is 1.61 bits per heavy atom. The number of morpholine rings is 1. The van der Waals surface area contributed by atoms with Gasteiger partial charge in [0.15, 0.2) is 0 Å². The van der Waals surface area contributed by atoms with Gasteiger partial charge in [-0.05, 0) is 24.3 Å². The van der Waals surface area contributed by atoms with Crippen molar-refractivity contribution in [3.05, 3.63) is 48.7 Å². The summed E-state index contributed by atoms with van der Waals surface area (Å²) in [7, 11) is 0. The first-order valence-electron chi connectivity index (χ1n) is 10.6. The molecule has 1 aromatic carbocycles. The van der Waals surface area contributed by atoms with Crippen LogP contribution in [0.25, 0.3) is 0 Å². The predicted octanol–water partition coefficient (Wildman–Crippen LogP) is 1.71. The first kappa shape index (κ1) is 21.1. The standard InChI is InChI=1S/C22H28N6O3/c29-21(24-18-4-2-1-3-5-18)17-26-8-10-28(11-9-26)22(30)25-19-6-7-20(23-16-19)27-12-14-31-15-13-27/h1-7,16H,8-15,17H2,(H,24,29)(H,25,30). The van der Waals surface area contributed by atoms with Gasteiger partial charge in [0.05, 0.1) is 31.6 Å². The summed E-state index contributed by atoms with van der Waals surface area (Å²) in [6.07, 6.45) is 1.69. The van der Waals surface area contributed by atoms with Gasteiger partial charge in [-0.2, -0.15) is 0 Å². The fourth-order valence-corrected chi connectivity index (χ4v) is 3.68. The lowest BCUT2D eigenvalue weighted by atomic mass is 10.3. The molecule has 1 aromatic heterocycles. The molecule has 3 heterocycles. The third-order valence-corrected chi connectivity index (χ3v) is 5.42. The fourth-order valence-electron chi connectivity index (χ4n) is 3.68. The minimum Gasteiger partial charge on any atom is -0.378 e. The average Bonchev–Trinajstić information content (AvgIpc) is 2.81. The van der Waals surface area contributed by atoms with Gasteiger partial charge in [-0.1, -0.05) is 18.2 Å². The summed E-state index contributed by atoms with van der Waals surface area (Å²) in [6.45, 7) is 5.84. The lowest BCUT2D eigenvalue weighted by molar-refractivity contribution is -0.117. The molecule has 4 rings (SSSR count). The number of urea groups is 1. The number of aromatic nitrogens is 1. The number of carbonyl (C=O) groups excluding carboxylic acids is 2. The van der Waals surface area contributed by atoms with Crippen LogP contribution in [-0.4, -0.2) is 85.7 Å². The maximum atomic E-state index is 12.6. The highest BCUT2D eigenvalue weighted by Crippen LogP contribution is 2.16. The number of para-hydroxylation sites is 1. The van der Waals surface area contributed by atoms with E-state index >= 15 is 0 Å². The van der Waals surface area contributed by atoms with Crippen molar-refractivity contribution in [3.63, 3.8) is 0 Å². The molecular formula is C22H28N6O3. The van der Waals surface area contributed by atoms with E-state index < -0.39 is 0 Å². The van der Waals surface area contributed by atoms with E-state index in [-0.39, 0.29) is 11.9 Å². The maximum Gasteiger partial charge on any atom is 0.321 e. The van der Waals surface area contributed by atoms with E-state index in [9.17, 15) is 9.59 Å². The highest BCUT2D eigenvalue weighted by atomic mass is 16.5. The number of nitrogens with zero attached hydrogens (tertiary/aromatic N) is 4. The number of amides is 3. The van der Waals surface area contributed by atoms with Crippen LogP contribution >= 0.6 is 0 Å². The van der Waals surface area contributed by atoms with Crippen molar-refractivity contribution in [2.75, 3.05) is 74.6 Å². The van der Waals surface area contributed by atoms with Gasteiger partial charge in [0.1, 0.15) is 5.82 Å². The molecular weight excluding hydrogens is 396 g/mol. The van der Waals surface area contributed by atoms with Gasteiger partial charge in [0.2, 0.25) is 5.91 Å². The van der Waals surface area contributed by atoms with Crippen molar-refractivity contribution in [2.45, 2.75) is 0 Å². The van der Waals surface area contributed by atoms with E-state index in [0.717, 1.165) is 24.6 Å². The Kier molecular flexibility index (Phi) is 6.96. The van der Waals surface area contributed by atoms with E-state index in [1.807, 2.05) is 42.5 Å². The summed E-state index contributed by atoms with van der Waals surface area (Å²) in [5, 5.41) is 5.81. The topological polar surface area (TPSA) is 90.0 Å². The zero-order chi connectivity index (χ0) is 21.5. The second-order valence-corrected chi connectivity index (χ2v) is 7.61. The fraction of sp³-hybridized carbons (Fsp3) is 0.409. The largest absolute Gasteiger partial charge is 0.378 e. The number of hydrogen-bond donors (Lipinski definition) is 2. The molecule has 0 bridgehead atoms. The second kappa shape index (κ2) is 10.2. The van der Waals surface area contributed by atoms with Gasteiger partial charge in [0, 0.05) is 45.0 Å². The highest BCUT2D eigenvalue weighted by molar-refractivity contribution is 5.92. The number of piperazine rings is 1. The molecule has 2 aliphatic rings. The van der Waals surface area contributed by atoms with Crippen molar-refractivity contribution < 1.29 is 14.3 Å². The lowest BCUT2D eigenvalue weighted by Gasteiger charge is -2.34. The SMILES string of the molecule is O=C(CN1CCN(C(=O)Nc2ccc(N3CCOCC3)nc2)CC1)Nc1ccccc1. The number of ether oxygens (including phenoxy) is 1. The minimum absolute atomic E-state index is 0.0458. The molecule has 0 aliphatic carbocycles. The zero-order valence-corrected chi connectivity index (χ0v) is 17.5. The molecule has 164 valence electrons. The number of rotatable bonds is 5. The maximum absolute atomic E-state index is 12.6. The Bertz CT molecular complexity index is 863. The number of anilines is 3. The second-order valence-electron chi connectivity index (χ2n) is 7.61. The average molecular weight is 425 g/mol. The van der Waals surface area contributed by atoms with Gasteiger partial charge >= 0.3 is 6.03 Å². The lowest BCUT2D eigenvalue weighted by Crippen LogP contribution is -2.51. The van der Waals surface area contributed by atoms with Crippen LogP contribution in [0.1, 0.15) is 0 Å². The molecule has 2 aromatic rings. The molecule has 9 heteroatoms. The normalized spacial score (nSPS) is 17.3. The number of hydrogen-bond acceptors (Lipinski definition) is 6. The smallest absolute Gasteiger partial charge is 0.321 e. The molecule has 2 N–H and O–H groups in total. The third-order valence-electron chi connectivity index (χ3n) is 5.42. The molecule has 0 radical (unpaired) electrons. The number of nitrogens with one attached hydrogen (secondary N) is 2. The quantitative estimate of drug-likeness (QED) is 0.760. The van der Waals surface area contributed by atoms with E-state index in [0.29, 0.717) is 51.6 Å². The van der Waals surface area contributed by atoms with E-state index in [4.69, 9.17) is 4.74 Å². The summed E-state index contributed by atoms with van der Waals surface area (Å²) in [5.74, 6) is 0.847. The Hall–Kier alpha value is -3.17. The monoisotopic (exact) mass is 424 g/mol. The van der Waals surface area contributed by atoms with Gasteiger partial charge in [-0.15, -0.1) is 0 Å². The first-order valence-corrected chi connectivity index (χ1v) is 10.6. The molecule has 2 fully saturated rings. The molecule has 0 spiro atoms. The number of carbonyl (C=O) groups is 2. The van der Waals surface area contributed by atoms with Gasteiger partial charge in [-0.25, -0.2) is 9.78 Å². The van der Waals surface area contributed by atoms with E-state index in [2.05, 4.69) is 25.4 Å². The predicted molar refractivity (Wildman–Crippen MR) is 119 cm³/mol. The molecule has 2 aliphatic heterocycles. The summed E-state index contributed by atoms with van der Waals surface area (Å²) >= 11 is 0. The molecule has 9 nitrogen and oxygen atoms in total. The van der Waals surface area contributed by atoms with Crippen molar-refractivity contribution in [3.8, 4) is 0 Å². The van der Waals surface area contributed by atoms with Crippen LogP contribution in [0.5, 0.6) is 0 Å². The number of pyridine rings is 1. The molecule has 3 amide bonds. The van der Waals surface area contributed by atoms with Crippen LogP contribution < -0.4 is 15.5 Å². The number of benzene rings is 1. The van der Waals surface area contributed by atoms with E-state index in [1.165, 1.54) is 0 Å². The van der Waals surface area contributed by atoms with Crippen molar-refractivity contribution >= 4 is 29.1 Å². The Morgan fingerprint density at radius 1 is 0.871 bits per heavy atom. The first-order chi connectivity index (χ1) is 15.2. The van der Waals surface area contributed by atoms with Crippen LogP contribution in [0.3, 0.4) is 0 Å². The summed E-state index contributed by atoms with van der Waals surface area (Å²) < 4.78 is 5.36. The zero-order valence-electron chi connectivity index (χ0n) is 17.5. The van der Waals surface area contributed by atoms with Crippen LogP contribution in [0.2, 0.25) is 0 Å². The Morgan fingerprint density at radius 3 is 2.29 bits per heavy atom. The highest BCUT2D eigenvalue weighted by Gasteiger charge is 2.22. The molecule has 0 atom stereocenters. The molecule has 31 heavy (non-hydrogen) atoms. The van der Waals surface area contributed by atoms with Crippen molar-refractivity contribution in [1.29, 1.82) is 0 Å². The summed E-state index contributed by atoms with van der Waals surface area (Å²) in [6, 6.07) is 13.1. The summed E-state index contributed by atoms with van der Waals surface area (Å²) in [4.78, 5) is 35.3. The van der Waals surface area contributed by atoms with Crippen LogP contribution in [0.15, 0.2) is 48.7 Å². The Labute approximate surface area is 182 Å². The van der Waals surface area contributed by atoms with Crippen LogP contribution in [-0.2, 0) is 9.53 Å². The van der Waals surface area contributed by atoms with Gasteiger partial charge in [-0.3, -0.25) is 9.69 Å². The summed E-state index contributed by atoms with van der Waals surface area (Å²) in [5.41, 5.74) is 1.46. The van der Waals surface area contributed by atoms with Gasteiger partial charge < -0.3 is 25.2 Å². The van der Waals surface area contributed by atoms with Gasteiger partial charge in [0.25, 0.3) is 0 Å². The molecule has 0 saturated carbocycles. The van der Waals surface area contributed by atoms with Crippen LogP contribution in [0, 0.1) is 0 Å². The molecule has 0 unspecified atom stereocenters. The third kappa shape index (κ3) is 5.93. The van der Waals surface area contributed by atoms with Crippen molar-refractivity contribution in [1.82, 2.24) is 14.8 Å². The van der Waals surface area contributed by atoms with Crippen LogP contribution in [0.4, 0.5) is 22.0 Å². The minimum atomic E-state index is -0.144. The Balaban J connectivity index is 1.20. The van der Waals surface area contributed by atoms with Crippen molar-refractivity contribution in [2.24, 2.45) is 0 Å². The van der Waals surface area contributed by atoms with E-state index in [1.54, 1.807) is 11.1 Å². The molecule has 2 saturated heterocycles.